The molecule has 6 heteroatoms. The van der Waals surface area contributed by atoms with Gasteiger partial charge in [0.15, 0.2) is 5.76 Å². The van der Waals surface area contributed by atoms with Gasteiger partial charge in [0.2, 0.25) is 0 Å². The average Bonchev–Trinajstić information content (AvgIpc) is 3.21. The topological polar surface area (TPSA) is 115 Å². The molecule has 1 amide bonds. The summed E-state index contributed by atoms with van der Waals surface area (Å²) in [6.07, 6.45) is 5.34. The summed E-state index contributed by atoms with van der Waals surface area (Å²) >= 11 is 0. The van der Waals surface area contributed by atoms with E-state index in [4.69, 9.17) is 15.9 Å². The lowest BCUT2D eigenvalue weighted by atomic mass is 10.0. The second kappa shape index (κ2) is 12.0. The number of nitrogens with two attached hydrogens (primary N) is 2. The number of hydrogen-bond donors (Lipinski definition) is 4. The van der Waals surface area contributed by atoms with Crippen molar-refractivity contribution in [2.75, 3.05) is 19.6 Å². The van der Waals surface area contributed by atoms with E-state index in [9.17, 15) is 9.90 Å². The van der Waals surface area contributed by atoms with Crippen LogP contribution in [0, 0.1) is 11.8 Å². The molecule has 0 aliphatic rings. The summed E-state index contributed by atoms with van der Waals surface area (Å²) < 4.78 is 5.70. The van der Waals surface area contributed by atoms with Gasteiger partial charge in [-0.15, -0.1) is 0 Å². The molecule has 1 aromatic carbocycles. The molecular formula is C22H29N3O3. The molecule has 2 aromatic rings. The van der Waals surface area contributed by atoms with Gasteiger partial charge in [0.05, 0.1) is 13.2 Å². The van der Waals surface area contributed by atoms with E-state index in [0.717, 1.165) is 49.8 Å². The lowest BCUT2D eigenvalue weighted by Gasteiger charge is -2.05. The summed E-state index contributed by atoms with van der Waals surface area (Å²) in [4.78, 5) is 12.2. The van der Waals surface area contributed by atoms with Gasteiger partial charge in [0.25, 0.3) is 5.91 Å². The molecule has 150 valence electrons. The van der Waals surface area contributed by atoms with Gasteiger partial charge in [-0.25, -0.2) is 0 Å². The molecule has 0 unspecified atom stereocenters. The number of carbonyl (C=O) groups excluding carboxylic acids is 1. The van der Waals surface area contributed by atoms with Gasteiger partial charge < -0.3 is 26.3 Å². The van der Waals surface area contributed by atoms with E-state index < -0.39 is 0 Å². The number of nitrogens with one attached hydrogen (secondary N) is 1. The number of hydrogen-bond acceptors (Lipinski definition) is 5. The Labute approximate surface area is 166 Å². The number of furan rings is 1. The highest BCUT2D eigenvalue weighted by molar-refractivity contribution is 5.92. The lowest BCUT2D eigenvalue weighted by Crippen LogP contribution is -2.23. The fraction of sp³-hybridized carbons (Fsp3) is 0.409. The zero-order valence-electron chi connectivity index (χ0n) is 16.2. The van der Waals surface area contributed by atoms with E-state index in [1.54, 1.807) is 12.1 Å². The molecule has 0 bridgehead atoms. The molecular weight excluding hydrogens is 354 g/mol. The van der Waals surface area contributed by atoms with Crippen molar-refractivity contribution < 1.29 is 14.3 Å². The van der Waals surface area contributed by atoms with Crippen molar-refractivity contribution >= 4 is 5.91 Å². The lowest BCUT2D eigenvalue weighted by molar-refractivity contribution is 0.0926. The Morgan fingerprint density at radius 3 is 2.61 bits per heavy atom. The minimum atomic E-state index is -0.221. The van der Waals surface area contributed by atoms with Crippen LogP contribution >= 0.6 is 0 Å². The Balaban J connectivity index is 1.93. The first-order chi connectivity index (χ1) is 13.7. The quantitative estimate of drug-likeness (QED) is 0.371. The predicted molar refractivity (Wildman–Crippen MR) is 110 cm³/mol. The summed E-state index contributed by atoms with van der Waals surface area (Å²) in [5, 5.41) is 12.5. The first-order valence-electron chi connectivity index (χ1n) is 9.70. The van der Waals surface area contributed by atoms with Crippen molar-refractivity contribution in [1.29, 1.82) is 0 Å². The Morgan fingerprint density at radius 1 is 1.07 bits per heavy atom. The second-order valence-electron chi connectivity index (χ2n) is 6.51. The fourth-order valence-electron chi connectivity index (χ4n) is 2.85. The van der Waals surface area contributed by atoms with Gasteiger partial charge in [-0.1, -0.05) is 31.1 Å². The molecule has 0 spiro atoms. The summed E-state index contributed by atoms with van der Waals surface area (Å²) in [7, 11) is 0. The minimum Gasteiger partial charge on any atom is -0.451 e. The maximum atomic E-state index is 12.2. The molecule has 28 heavy (non-hydrogen) atoms. The van der Waals surface area contributed by atoms with Crippen LogP contribution in [0.25, 0.3) is 11.3 Å². The third kappa shape index (κ3) is 6.54. The molecule has 0 aliphatic heterocycles. The highest BCUT2D eigenvalue weighted by Gasteiger charge is 2.12. The Kier molecular flexibility index (Phi) is 9.29. The van der Waals surface area contributed by atoms with E-state index in [2.05, 4.69) is 17.2 Å². The van der Waals surface area contributed by atoms with Gasteiger partial charge >= 0.3 is 0 Å². The SMILES string of the molecule is NCC#Cc1ccc(-c2ccc(C(=O)NCCCCCCCN)o2)cc1CO. The summed E-state index contributed by atoms with van der Waals surface area (Å²) in [6, 6.07) is 8.89. The monoisotopic (exact) mass is 383 g/mol. The molecule has 0 fully saturated rings. The van der Waals surface area contributed by atoms with Crippen LogP contribution in [0.2, 0.25) is 0 Å². The molecule has 6 nitrogen and oxygen atoms in total. The summed E-state index contributed by atoms with van der Waals surface area (Å²) in [6.45, 7) is 1.49. The molecule has 0 atom stereocenters. The smallest absolute Gasteiger partial charge is 0.287 e. The van der Waals surface area contributed by atoms with E-state index in [1.165, 1.54) is 0 Å². The zero-order chi connectivity index (χ0) is 20.2. The number of benzene rings is 1. The van der Waals surface area contributed by atoms with Crippen LogP contribution in [0.3, 0.4) is 0 Å². The van der Waals surface area contributed by atoms with Crippen molar-refractivity contribution in [1.82, 2.24) is 5.32 Å². The molecule has 2 rings (SSSR count). The molecule has 1 heterocycles. The van der Waals surface area contributed by atoms with Crippen LogP contribution in [0.1, 0.15) is 53.8 Å². The first-order valence-corrected chi connectivity index (χ1v) is 9.70. The van der Waals surface area contributed by atoms with Crippen LogP contribution in [-0.4, -0.2) is 30.6 Å². The average molecular weight is 383 g/mol. The Hall–Kier alpha value is -2.59. The predicted octanol–water partition coefficient (Wildman–Crippen LogP) is 2.39. The van der Waals surface area contributed by atoms with Gasteiger partial charge in [-0.05, 0) is 55.3 Å². The third-order valence-corrected chi connectivity index (χ3v) is 4.38. The van der Waals surface area contributed by atoms with Crippen molar-refractivity contribution in [2.45, 2.75) is 38.7 Å². The second-order valence-corrected chi connectivity index (χ2v) is 6.51. The summed E-state index contributed by atoms with van der Waals surface area (Å²) in [5.74, 6) is 6.34. The summed E-state index contributed by atoms with van der Waals surface area (Å²) in [5.41, 5.74) is 13.1. The Morgan fingerprint density at radius 2 is 1.86 bits per heavy atom. The van der Waals surface area contributed by atoms with Gasteiger partial charge in [-0.3, -0.25) is 4.79 Å². The molecule has 1 aromatic heterocycles. The number of aliphatic hydroxyl groups is 1. The maximum Gasteiger partial charge on any atom is 0.287 e. The highest BCUT2D eigenvalue weighted by atomic mass is 16.3. The van der Waals surface area contributed by atoms with Crippen LogP contribution < -0.4 is 16.8 Å². The minimum absolute atomic E-state index is 0.137. The molecule has 6 N–H and O–H groups in total. The Bertz CT molecular complexity index is 818. The van der Waals surface area contributed by atoms with Crippen LogP contribution in [-0.2, 0) is 6.61 Å². The highest BCUT2D eigenvalue weighted by Crippen LogP contribution is 2.25. The van der Waals surface area contributed by atoms with Crippen molar-refractivity contribution in [2.24, 2.45) is 11.5 Å². The number of unbranched alkanes of at least 4 members (excludes halogenated alkanes) is 4. The third-order valence-electron chi connectivity index (χ3n) is 4.38. The number of rotatable bonds is 10. The van der Waals surface area contributed by atoms with Gasteiger partial charge in [-0.2, -0.15) is 0 Å². The zero-order valence-corrected chi connectivity index (χ0v) is 16.2. The number of carbonyl (C=O) groups is 1. The van der Waals surface area contributed by atoms with Crippen molar-refractivity contribution in [3.63, 3.8) is 0 Å². The van der Waals surface area contributed by atoms with Crippen LogP contribution in [0.15, 0.2) is 34.7 Å². The van der Waals surface area contributed by atoms with Gasteiger partial charge in [0, 0.05) is 17.7 Å². The number of amides is 1. The van der Waals surface area contributed by atoms with Crippen LogP contribution in [0.5, 0.6) is 0 Å². The van der Waals surface area contributed by atoms with E-state index >= 15 is 0 Å². The van der Waals surface area contributed by atoms with Crippen molar-refractivity contribution in [3.05, 3.63) is 47.2 Å². The largest absolute Gasteiger partial charge is 0.451 e. The molecule has 0 aliphatic carbocycles. The normalized spacial score (nSPS) is 10.4. The standard InChI is InChI=1S/C22H29N3O3/c23-12-4-2-1-3-5-14-25-22(27)21-11-10-20(28-21)18-9-8-17(7-6-13-24)19(15-18)16-26/h8-11,15,26H,1-5,12-14,16,23-24H2,(H,25,27). The van der Waals surface area contributed by atoms with E-state index in [-0.39, 0.29) is 24.8 Å². The maximum absolute atomic E-state index is 12.2. The first kappa shape index (κ1) is 21.7. The van der Waals surface area contributed by atoms with Crippen LogP contribution in [0.4, 0.5) is 0 Å². The fourth-order valence-corrected chi connectivity index (χ4v) is 2.85. The molecule has 0 saturated carbocycles. The molecule has 0 radical (unpaired) electrons. The van der Waals surface area contributed by atoms with E-state index in [1.807, 2.05) is 18.2 Å². The van der Waals surface area contributed by atoms with Crippen molar-refractivity contribution in [3.8, 4) is 23.2 Å². The van der Waals surface area contributed by atoms with Gasteiger partial charge in [0.1, 0.15) is 5.76 Å². The number of aliphatic hydroxyl groups excluding tert-OH is 1. The molecule has 0 saturated heterocycles. The van der Waals surface area contributed by atoms with E-state index in [0.29, 0.717) is 17.9 Å².